The van der Waals surface area contributed by atoms with E-state index in [0.717, 1.165) is 0 Å². The zero-order chi connectivity index (χ0) is 18.5. The van der Waals surface area contributed by atoms with Crippen LogP contribution in [0.1, 0.15) is 40.7 Å². The van der Waals surface area contributed by atoms with Crippen LogP contribution >= 0.6 is 0 Å². The summed E-state index contributed by atoms with van der Waals surface area (Å²) in [5, 5.41) is 0. The summed E-state index contributed by atoms with van der Waals surface area (Å²) < 4.78 is 10.5. The molecule has 0 saturated carbocycles. The molecule has 0 aliphatic carbocycles. The van der Waals surface area contributed by atoms with Crippen LogP contribution in [0.2, 0.25) is 0 Å². The molecule has 6 heteroatoms. The average Bonchev–Trinajstić information content (AvgIpc) is 3.22. The summed E-state index contributed by atoms with van der Waals surface area (Å²) in [5.41, 5.74) is 0.520. The number of likely N-dealkylation sites (tertiary alicyclic amines) is 1. The van der Waals surface area contributed by atoms with Crippen molar-refractivity contribution in [3.05, 3.63) is 60.1 Å². The molecule has 2 heterocycles. The van der Waals surface area contributed by atoms with Gasteiger partial charge in [-0.25, -0.2) is 0 Å². The SMILES string of the molecule is C[C@H](OC(=O)C1CCN(C(=O)c2ccco2)CC1)C(=O)c1ccccc1. The van der Waals surface area contributed by atoms with Gasteiger partial charge >= 0.3 is 5.97 Å². The highest BCUT2D eigenvalue weighted by Crippen LogP contribution is 2.21. The Morgan fingerprint density at radius 1 is 1.08 bits per heavy atom. The molecule has 0 bridgehead atoms. The standard InChI is InChI=1S/C20H21NO5/c1-14(18(22)15-6-3-2-4-7-15)26-20(24)16-9-11-21(12-10-16)19(23)17-8-5-13-25-17/h2-8,13-14,16H,9-12H2,1H3/t14-/m0/s1. The number of carbonyl (C=O) groups excluding carboxylic acids is 3. The zero-order valence-electron chi connectivity index (χ0n) is 14.6. The molecule has 26 heavy (non-hydrogen) atoms. The summed E-state index contributed by atoms with van der Waals surface area (Å²) >= 11 is 0. The van der Waals surface area contributed by atoms with E-state index in [0.29, 0.717) is 37.3 Å². The first kappa shape index (κ1) is 17.9. The molecule has 136 valence electrons. The lowest BCUT2D eigenvalue weighted by atomic mass is 9.96. The van der Waals surface area contributed by atoms with Crippen molar-refractivity contribution in [3.8, 4) is 0 Å². The molecule has 2 aromatic rings. The van der Waals surface area contributed by atoms with Crippen LogP contribution in [0.5, 0.6) is 0 Å². The summed E-state index contributed by atoms with van der Waals surface area (Å²) in [7, 11) is 0. The maximum atomic E-state index is 12.4. The van der Waals surface area contributed by atoms with Crippen LogP contribution in [0.3, 0.4) is 0 Å². The minimum atomic E-state index is -0.826. The van der Waals surface area contributed by atoms with E-state index in [9.17, 15) is 14.4 Å². The minimum absolute atomic E-state index is 0.172. The smallest absolute Gasteiger partial charge is 0.309 e. The molecular formula is C20H21NO5. The Morgan fingerprint density at radius 2 is 1.77 bits per heavy atom. The highest BCUT2D eigenvalue weighted by Gasteiger charge is 2.31. The average molecular weight is 355 g/mol. The lowest BCUT2D eigenvalue weighted by Gasteiger charge is -2.30. The van der Waals surface area contributed by atoms with E-state index < -0.39 is 6.10 Å². The van der Waals surface area contributed by atoms with Gasteiger partial charge in [-0.1, -0.05) is 30.3 Å². The second kappa shape index (κ2) is 7.99. The van der Waals surface area contributed by atoms with Crippen molar-refractivity contribution in [3.63, 3.8) is 0 Å². The molecule has 1 aromatic heterocycles. The Balaban J connectivity index is 1.50. The van der Waals surface area contributed by atoms with Crippen molar-refractivity contribution in [1.29, 1.82) is 0 Å². The minimum Gasteiger partial charge on any atom is -0.459 e. The lowest BCUT2D eigenvalue weighted by Crippen LogP contribution is -2.41. The van der Waals surface area contributed by atoms with Crippen LogP contribution in [-0.4, -0.2) is 41.8 Å². The Hall–Kier alpha value is -2.89. The van der Waals surface area contributed by atoms with Gasteiger partial charge in [-0.05, 0) is 31.9 Å². The largest absolute Gasteiger partial charge is 0.459 e. The van der Waals surface area contributed by atoms with Crippen LogP contribution in [0.15, 0.2) is 53.1 Å². The number of nitrogens with zero attached hydrogens (tertiary/aromatic N) is 1. The van der Waals surface area contributed by atoms with Gasteiger partial charge in [0.05, 0.1) is 12.2 Å². The number of carbonyl (C=O) groups is 3. The number of hydrogen-bond donors (Lipinski definition) is 0. The molecule has 6 nitrogen and oxygen atoms in total. The van der Waals surface area contributed by atoms with Gasteiger partial charge in [-0.2, -0.15) is 0 Å². The molecular weight excluding hydrogens is 334 g/mol. The lowest BCUT2D eigenvalue weighted by molar-refractivity contribution is -0.152. The van der Waals surface area contributed by atoms with Gasteiger partial charge < -0.3 is 14.1 Å². The van der Waals surface area contributed by atoms with Crippen LogP contribution < -0.4 is 0 Å². The summed E-state index contributed by atoms with van der Waals surface area (Å²) in [6.45, 7) is 2.50. The Labute approximate surface area is 151 Å². The number of hydrogen-bond acceptors (Lipinski definition) is 5. The maximum absolute atomic E-state index is 12.4. The Bertz CT molecular complexity index is 761. The van der Waals surface area contributed by atoms with E-state index in [1.807, 2.05) is 6.07 Å². The summed E-state index contributed by atoms with van der Waals surface area (Å²) in [4.78, 5) is 38.5. The molecule has 0 N–H and O–H groups in total. The van der Waals surface area contributed by atoms with Crippen molar-refractivity contribution in [2.45, 2.75) is 25.9 Å². The molecule has 1 saturated heterocycles. The normalized spacial score (nSPS) is 16.1. The molecule has 1 amide bonds. The maximum Gasteiger partial charge on any atom is 0.309 e. The summed E-state index contributed by atoms with van der Waals surface area (Å²) in [5.74, 6) is -0.777. The van der Waals surface area contributed by atoms with Crippen molar-refractivity contribution in [2.75, 3.05) is 13.1 Å². The molecule has 1 atom stereocenters. The predicted octanol–water partition coefficient (Wildman–Crippen LogP) is 2.95. The Morgan fingerprint density at radius 3 is 2.38 bits per heavy atom. The van der Waals surface area contributed by atoms with Gasteiger partial charge in [0, 0.05) is 18.7 Å². The molecule has 1 aromatic carbocycles. The molecule has 0 spiro atoms. The molecule has 1 fully saturated rings. The molecule has 3 rings (SSSR count). The highest BCUT2D eigenvalue weighted by atomic mass is 16.5. The van der Waals surface area contributed by atoms with Gasteiger partial charge in [0.1, 0.15) is 0 Å². The van der Waals surface area contributed by atoms with Gasteiger partial charge in [0.15, 0.2) is 11.9 Å². The number of ketones is 1. The van der Waals surface area contributed by atoms with E-state index in [-0.39, 0.29) is 23.6 Å². The van der Waals surface area contributed by atoms with Gasteiger partial charge in [0.25, 0.3) is 5.91 Å². The quantitative estimate of drug-likeness (QED) is 0.609. The fourth-order valence-corrected chi connectivity index (χ4v) is 3.04. The van der Waals surface area contributed by atoms with Crippen molar-refractivity contribution in [1.82, 2.24) is 4.90 Å². The zero-order valence-corrected chi connectivity index (χ0v) is 14.6. The fourth-order valence-electron chi connectivity index (χ4n) is 3.04. The van der Waals surface area contributed by atoms with Gasteiger partial charge in [-0.15, -0.1) is 0 Å². The number of rotatable bonds is 5. The number of amides is 1. The van der Waals surface area contributed by atoms with Crippen LogP contribution in [0.4, 0.5) is 0 Å². The van der Waals surface area contributed by atoms with Crippen molar-refractivity contribution < 1.29 is 23.5 Å². The molecule has 1 aliphatic heterocycles. The van der Waals surface area contributed by atoms with E-state index in [1.54, 1.807) is 48.2 Å². The number of Topliss-reactive ketones (excluding diaryl/α,β-unsaturated/α-hetero) is 1. The topological polar surface area (TPSA) is 76.8 Å². The monoisotopic (exact) mass is 355 g/mol. The second-order valence-corrected chi connectivity index (χ2v) is 6.35. The van der Waals surface area contributed by atoms with Crippen molar-refractivity contribution >= 4 is 17.7 Å². The van der Waals surface area contributed by atoms with E-state index in [4.69, 9.17) is 9.15 Å². The highest BCUT2D eigenvalue weighted by molar-refractivity contribution is 6.00. The number of piperidine rings is 1. The Kier molecular flexibility index (Phi) is 5.51. The first-order valence-electron chi connectivity index (χ1n) is 8.69. The number of furan rings is 1. The molecule has 0 unspecified atom stereocenters. The number of benzene rings is 1. The number of ether oxygens (including phenoxy) is 1. The first-order valence-corrected chi connectivity index (χ1v) is 8.69. The third-order valence-electron chi connectivity index (χ3n) is 4.57. The van der Waals surface area contributed by atoms with E-state index in [2.05, 4.69) is 0 Å². The third-order valence-corrected chi connectivity index (χ3v) is 4.57. The van der Waals surface area contributed by atoms with Gasteiger partial charge in [-0.3, -0.25) is 14.4 Å². The van der Waals surface area contributed by atoms with E-state index >= 15 is 0 Å². The first-order chi connectivity index (χ1) is 12.6. The van der Waals surface area contributed by atoms with Gasteiger partial charge in [0.2, 0.25) is 5.78 Å². The predicted molar refractivity (Wildman–Crippen MR) is 93.7 cm³/mol. The second-order valence-electron chi connectivity index (χ2n) is 6.35. The van der Waals surface area contributed by atoms with E-state index in [1.165, 1.54) is 6.26 Å². The fraction of sp³-hybridized carbons (Fsp3) is 0.350. The number of esters is 1. The van der Waals surface area contributed by atoms with Crippen molar-refractivity contribution in [2.24, 2.45) is 5.92 Å². The van der Waals surface area contributed by atoms with Crippen LogP contribution in [0, 0.1) is 5.92 Å². The van der Waals surface area contributed by atoms with Crippen LogP contribution in [-0.2, 0) is 9.53 Å². The molecule has 0 radical (unpaired) electrons. The molecule has 1 aliphatic rings. The summed E-state index contributed by atoms with van der Waals surface area (Å²) in [6, 6.07) is 12.1. The summed E-state index contributed by atoms with van der Waals surface area (Å²) in [6.07, 6.45) is 1.66. The van der Waals surface area contributed by atoms with Crippen LogP contribution in [0.25, 0.3) is 0 Å². The third kappa shape index (κ3) is 4.02.